The van der Waals surface area contributed by atoms with Gasteiger partial charge < -0.3 is 5.32 Å². The van der Waals surface area contributed by atoms with Crippen LogP contribution in [0.3, 0.4) is 0 Å². The number of non-ortho nitro benzene ring substituents is 1. The van der Waals surface area contributed by atoms with E-state index >= 15 is 0 Å². The molecular weight excluding hydrogens is 336 g/mol. The topological polar surface area (TPSA) is 73.0 Å². The number of nitrogens with one attached hydrogen (secondary N) is 1. The third-order valence-corrected chi connectivity index (χ3v) is 3.47. The van der Waals surface area contributed by atoms with Crippen molar-refractivity contribution < 1.29 is 4.92 Å². The summed E-state index contributed by atoms with van der Waals surface area (Å²) in [4.78, 5) is 10.3. The highest BCUT2D eigenvalue weighted by atomic mass is 79.9. The van der Waals surface area contributed by atoms with Crippen LogP contribution in [0.4, 0.5) is 5.69 Å². The van der Waals surface area contributed by atoms with Crippen molar-refractivity contribution in [3.05, 3.63) is 50.7 Å². The van der Waals surface area contributed by atoms with Gasteiger partial charge in [-0.3, -0.25) is 10.1 Å². The molecule has 2 rings (SSSR count). The molecule has 1 aromatic carbocycles. The number of hydrogen-bond donors (Lipinski definition) is 1. The van der Waals surface area contributed by atoms with E-state index in [1.54, 1.807) is 10.7 Å². The number of aromatic nitrogens is 2. The molecule has 0 fully saturated rings. The quantitative estimate of drug-likeness (QED) is 0.675. The van der Waals surface area contributed by atoms with Crippen molar-refractivity contribution in [2.75, 3.05) is 0 Å². The first-order valence-electron chi connectivity index (χ1n) is 6.50. The molecule has 7 heteroatoms. The molecule has 0 aliphatic carbocycles. The Balaban J connectivity index is 2.20. The zero-order valence-corrected chi connectivity index (χ0v) is 13.7. The van der Waals surface area contributed by atoms with E-state index in [9.17, 15) is 10.1 Å². The van der Waals surface area contributed by atoms with Gasteiger partial charge in [0.1, 0.15) is 0 Å². The lowest BCUT2D eigenvalue weighted by Gasteiger charge is -2.19. The highest BCUT2D eigenvalue weighted by Crippen LogP contribution is 2.25. The summed E-state index contributed by atoms with van der Waals surface area (Å²) < 4.78 is 2.34. The molecule has 0 bridgehead atoms. The van der Waals surface area contributed by atoms with E-state index in [-0.39, 0.29) is 11.2 Å². The summed E-state index contributed by atoms with van der Waals surface area (Å²) >= 11 is 3.35. The van der Waals surface area contributed by atoms with Gasteiger partial charge in [0, 0.05) is 30.4 Å². The van der Waals surface area contributed by atoms with Crippen LogP contribution in [0.25, 0.3) is 5.69 Å². The van der Waals surface area contributed by atoms with Crippen molar-refractivity contribution in [1.29, 1.82) is 0 Å². The minimum absolute atomic E-state index is 0.0255. The van der Waals surface area contributed by atoms with E-state index in [2.05, 4.69) is 47.1 Å². The standard InChI is InChI=1S/C14H17BrN4O2/c1-14(2,3)16-9-10-6-7-18(17-10)13-5-4-11(19(20)21)8-12(13)15/h4-8,16H,9H2,1-3H3. The summed E-state index contributed by atoms with van der Waals surface area (Å²) in [6.07, 6.45) is 1.84. The van der Waals surface area contributed by atoms with Crippen molar-refractivity contribution >= 4 is 21.6 Å². The van der Waals surface area contributed by atoms with Gasteiger partial charge in [-0.1, -0.05) is 0 Å². The van der Waals surface area contributed by atoms with Gasteiger partial charge >= 0.3 is 0 Å². The second-order valence-electron chi connectivity index (χ2n) is 5.75. The van der Waals surface area contributed by atoms with E-state index in [1.807, 2.05) is 12.3 Å². The molecule has 0 amide bonds. The van der Waals surface area contributed by atoms with E-state index in [0.29, 0.717) is 11.0 Å². The molecule has 0 unspecified atom stereocenters. The van der Waals surface area contributed by atoms with E-state index in [1.165, 1.54) is 12.1 Å². The Kier molecular flexibility index (Phi) is 4.43. The van der Waals surface area contributed by atoms with Gasteiger partial charge in [-0.2, -0.15) is 5.10 Å². The number of benzene rings is 1. The van der Waals surface area contributed by atoms with Gasteiger partial charge in [0.15, 0.2) is 0 Å². The molecule has 6 nitrogen and oxygen atoms in total. The SMILES string of the molecule is CC(C)(C)NCc1ccn(-c2ccc([N+](=O)[O-])cc2Br)n1. The number of rotatable bonds is 4. The van der Waals surface area contributed by atoms with Crippen molar-refractivity contribution in [3.63, 3.8) is 0 Å². The first-order valence-corrected chi connectivity index (χ1v) is 7.29. The van der Waals surface area contributed by atoms with Crippen LogP contribution in [-0.4, -0.2) is 20.2 Å². The first-order chi connectivity index (χ1) is 9.76. The summed E-state index contributed by atoms with van der Waals surface area (Å²) in [6, 6.07) is 6.54. The maximum absolute atomic E-state index is 10.7. The molecule has 0 atom stereocenters. The molecule has 21 heavy (non-hydrogen) atoms. The zero-order valence-electron chi connectivity index (χ0n) is 12.1. The summed E-state index contributed by atoms with van der Waals surface area (Å²) in [6.45, 7) is 6.95. The van der Waals surface area contributed by atoms with Gasteiger partial charge in [-0.15, -0.1) is 0 Å². The Labute approximate surface area is 131 Å². The van der Waals surface area contributed by atoms with Gasteiger partial charge in [0.05, 0.1) is 20.8 Å². The number of nitro groups is 1. The average Bonchev–Trinajstić information content (AvgIpc) is 2.84. The summed E-state index contributed by atoms with van der Waals surface area (Å²) in [7, 11) is 0. The van der Waals surface area contributed by atoms with E-state index in [4.69, 9.17) is 0 Å². The maximum atomic E-state index is 10.7. The second-order valence-corrected chi connectivity index (χ2v) is 6.60. The van der Waals surface area contributed by atoms with Crippen LogP contribution in [-0.2, 0) is 6.54 Å². The molecule has 0 spiro atoms. The average molecular weight is 353 g/mol. The third kappa shape index (κ3) is 4.12. The Morgan fingerprint density at radius 3 is 2.67 bits per heavy atom. The largest absolute Gasteiger partial charge is 0.306 e. The van der Waals surface area contributed by atoms with E-state index < -0.39 is 4.92 Å². The molecule has 2 aromatic rings. The first kappa shape index (κ1) is 15.7. The smallest absolute Gasteiger partial charge is 0.270 e. The number of nitrogens with zero attached hydrogens (tertiary/aromatic N) is 3. The molecule has 1 aromatic heterocycles. The third-order valence-electron chi connectivity index (χ3n) is 2.83. The molecule has 0 saturated carbocycles. The van der Waals surface area contributed by atoms with Crippen LogP contribution in [0.5, 0.6) is 0 Å². The fourth-order valence-electron chi connectivity index (χ4n) is 1.74. The van der Waals surface area contributed by atoms with Crippen LogP contribution in [0.2, 0.25) is 0 Å². The molecule has 112 valence electrons. The molecule has 0 radical (unpaired) electrons. The lowest BCUT2D eigenvalue weighted by atomic mass is 10.1. The Morgan fingerprint density at radius 2 is 2.10 bits per heavy atom. The maximum Gasteiger partial charge on any atom is 0.270 e. The van der Waals surface area contributed by atoms with E-state index in [0.717, 1.165) is 11.4 Å². The van der Waals surface area contributed by atoms with Gasteiger partial charge in [-0.25, -0.2) is 4.68 Å². The predicted octanol–water partition coefficient (Wildman–Crippen LogP) is 3.43. The minimum Gasteiger partial charge on any atom is -0.306 e. The molecule has 0 aliphatic rings. The number of nitro benzene ring substituents is 1. The summed E-state index contributed by atoms with van der Waals surface area (Å²) in [5.74, 6) is 0. The molecule has 0 aliphatic heterocycles. The van der Waals surface area contributed by atoms with Crippen LogP contribution in [0.1, 0.15) is 26.5 Å². The Hall–Kier alpha value is -1.73. The predicted molar refractivity (Wildman–Crippen MR) is 84.5 cm³/mol. The van der Waals surface area contributed by atoms with Crippen LogP contribution >= 0.6 is 15.9 Å². The Morgan fingerprint density at radius 1 is 1.38 bits per heavy atom. The van der Waals surface area contributed by atoms with Crippen LogP contribution in [0, 0.1) is 10.1 Å². The van der Waals surface area contributed by atoms with Crippen molar-refractivity contribution in [2.45, 2.75) is 32.9 Å². The molecular formula is C14H17BrN4O2. The molecule has 1 N–H and O–H groups in total. The normalized spacial score (nSPS) is 11.6. The van der Waals surface area contributed by atoms with Gasteiger partial charge in [-0.05, 0) is 48.8 Å². The fourth-order valence-corrected chi connectivity index (χ4v) is 2.29. The van der Waals surface area contributed by atoms with Crippen LogP contribution < -0.4 is 5.32 Å². The minimum atomic E-state index is -0.420. The lowest BCUT2D eigenvalue weighted by Crippen LogP contribution is -2.35. The van der Waals surface area contributed by atoms with Gasteiger partial charge in [0.2, 0.25) is 0 Å². The Bertz CT molecular complexity index is 661. The van der Waals surface area contributed by atoms with Gasteiger partial charge in [0.25, 0.3) is 5.69 Å². The number of hydrogen-bond acceptors (Lipinski definition) is 4. The summed E-state index contributed by atoms with van der Waals surface area (Å²) in [5.41, 5.74) is 1.75. The highest BCUT2D eigenvalue weighted by Gasteiger charge is 2.13. The summed E-state index contributed by atoms with van der Waals surface area (Å²) in [5, 5.41) is 18.6. The monoisotopic (exact) mass is 352 g/mol. The zero-order chi connectivity index (χ0) is 15.6. The number of halogens is 1. The molecule has 1 heterocycles. The van der Waals surface area contributed by atoms with Crippen molar-refractivity contribution in [3.8, 4) is 5.69 Å². The lowest BCUT2D eigenvalue weighted by molar-refractivity contribution is -0.384. The fraction of sp³-hybridized carbons (Fsp3) is 0.357. The van der Waals surface area contributed by atoms with Crippen molar-refractivity contribution in [1.82, 2.24) is 15.1 Å². The highest BCUT2D eigenvalue weighted by molar-refractivity contribution is 9.10. The molecule has 0 saturated heterocycles. The van der Waals surface area contributed by atoms with Crippen LogP contribution in [0.15, 0.2) is 34.9 Å². The van der Waals surface area contributed by atoms with Crippen molar-refractivity contribution in [2.24, 2.45) is 0 Å². The second kappa shape index (κ2) is 5.95.